The van der Waals surface area contributed by atoms with Crippen LogP contribution < -0.4 is 5.32 Å². The maximum Gasteiger partial charge on any atom is 0.256 e. The molecule has 1 aliphatic heterocycles. The lowest BCUT2D eigenvalue weighted by Gasteiger charge is -2.38. The second-order valence-electron chi connectivity index (χ2n) is 6.55. The summed E-state index contributed by atoms with van der Waals surface area (Å²) in [5.74, 6) is -1.07. The van der Waals surface area contributed by atoms with Crippen molar-refractivity contribution >= 4 is 5.91 Å². The lowest BCUT2D eigenvalue weighted by atomic mass is 9.91. The Morgan fingerprint density at radius 3 is 2.88 bits per heavy atom. The van der Waals surface area contributed by atoms with E-state index in [1.165, 1.54) is 11.0 Å². The van der Waals surface area contributed by atoms with Crippen molar-refractivity contribution in [1.29, 1.82) is 0 Å². The normalized spacial score (nSPS) is 20.6. The molecule has 1 atom stereocenters. The van der Waals surface area contributed by atoms with E-state index in [4.69, 9.17) is 0 Å². The number of aromatic amines is 1. The number of nitrogens with one attached hydrogen (secondary N) is 2. The van der Waals surface area contributed by atoms with Crippen LogP contribution in [0.1, 0.15) is 30.1 Å². The van der Waals surface area contributed by atoms with Gasteiger partial charge >= 0.3 is 0 Å². The highest BCUT2D eigenvalue weighted by Crippen LogP contribution is 2.24. The van der Waals surface area contributed by atoms with Gasteiger partial charge in [0.15, 0.2) is 23.1 Å². The number of aliphatic hydroxyl groups is 1. The van der Waals surface area contributed by atoms with E-state index in [1.807, 2.05) is 0 Å². The number of carbonyl (C=O) groups excluding carboxylic acids is 1. The molecule has 0 saturated carbocycles. The molecule has 1 fully saturated rings. The van der Waals surface area contributed by atoms with Gasteiger partial charge < -0.3 is 15.3 Å². The van der Waals surface area contributed by atoms with Gasteiger partial charge in [-0.25, -0.2) is 13.8 Å². The summed E-state index contributed by atoms with van der Waals surface area (Å²) in [5.41, 5.74) is -1.06. The van der Waals surface area contributed by atoms with Gasteiger partial charge in [-0.2, -0.15) is 5.10 Å². The Labute approximate surface area is 149 Å². The highest BCUT2D eigenvalue weighted by molar-refractivity contribution is 5.86. The predicted octanol–water partition coefficient (Wildman–Crippen LogP) is 1.03. The van der Waals surface area contributed by atoms with Crippen molar-refractivity contribution in [2.75, 3.05) is 13.1 Å². The number of aromatic nitrogens is 3. The van der Waals surface area contributed by atoms with E-state index in [2.05, 4.69) is 20.5 Å². The zero-order valence-corrected chi connectivity index (χ0v) is 14.4. The molecule has 1 saturated heterocycles. The van der Waals surface area contributed by atoms with E-state index in [0.29, 0.717) is 43.1 Å². The molecule has 0 unspecified atom stereocenters. The van der Waals surface area contributed by atoms with Crippen molar-refractivity contribution < 1.29 is 18.7 Å². The first kappa shape index (κ1) is 18.4. The van der Waals surface area contributed by atoms with E-state index in [9.17, 15) is 18.7 Å². The molecule has 0 aliphatic carbocycles. The average Bonchev–Trinajstić information content (AvgIpc) is 3.01. The molecule has 3 rings (SSSR count). The SMILES string of the molecule is Cc1nc(CNC[C@]2(O)CCCN(Cc3ccc(F)c(F)c3)C2=O)n[nH]1. The lowest BCUT2D eigenvalue weighted by Crippen LogP contribution is -2.57. The molecule has 1 aliphatic rings. The van der Waals surface area contributed by atoms with E-state index >= 15 is 0 Å². The van der Waals surface area contributed by atoms with Crippen molar-refractivity contribution in [1.82, 2.24) is 25.4 Å². The van der Waals surface area contributed by atoms with Crippen LogP contribution in [0.2, 0.25) is 0 Å². The van der Waals surface area contributed by atoms with E-state index < -0.39 is 23.1 Å². The zero-order chi connectivity index (χ0) is 18.7. The molecule has 0 bridgehead atoms. The largest absolute Gasteiger partial charge is 0.379 e. The Morgan fingerprint density at radius 2 is 2.19 bits per heavy atom. The van der Waals surface area contributed by atoms with Gasteiger partial charge in [-0.05, 0) is 37.5 Å². The smallest absolute Gasteiger partial charge is 0.256 e. The van der Waals surface area contributed by atoms with E-state index in [1.54, 1.807) is 6.92 Å². The van der Waals surface area contributed by atoms with Crippen LogP contribution in [0, 0.1) is 18.6 Å². The highest BCUT2D eigenvalue weighted by atomic mass is 19.2. The standard InChI is InChI=1S/C17H21F2N5O2/c1-11-21-15(23-22-11)8-20-10-17(26)5-2-6-24(16(17)25)9-12-3-4-13(18)14(19)7-12/h3-4,7,20,26H,2,5-6,8-10H2,1H3,(H,21,22,23)/t17-/m1/s1. The fraction of sp³-hybridized carbons (Fsp3) is 0.471. The van der Waals surface area contributed by atoms with Crippen LogP contribution in [0.4, 0.5) is 8.78 Å². The quantitative estimate of drug-likeness (QED) is 0.711. The van der Waals surface area contributed by atoms with Crippen LogP contribution >= 0.6 is 0 Å². The molecule has 3 N–H and O–H groups in total. The first-order chi connectivity index (χ1) is 12.4. The summed E-state index contributed by atoms with van der Waals surface area (Å²) in [6.07, 6.45) is 0.952. The number of aryl methyl sites for hydroxylation is 1. The number of benzene rings is 1. The first-order valence-electron chi connectivity index (χ1n) is 8.42. The van der Waals surface area contributed by atoms with Gasteiger partial charge in [0.05, 0.1) is 6.54 Å². The topological polar surface area (TPSA) is 94.1 Å². The van der Waals surface area contributed by atoms with Crippen LogP contribution in [0.5, 0.6) is 0 Å². The summed E-state index contributed by atoms with van der Waals surface area (Å²) in [4.78, 5) is 18.3. The summed E-state index contributed by atoms with van der Waals surface area (Å²) < 4.78 is 26.4. The third-order valence-electron chi connectivity index (χ3n) is 4.41. The average molecular weight is 365 g/mol. The maximum atomic E-state index is 13.4. The first-order valence-corrected chi connectivity index (χ1v) is 8.42. The molecule has 0 radical (unpaired) electrons. The Bertz CT molecular complexity index is 797. The zero-order valence-electron chi connectivity index (χ0n) is 14.4. The molecular formula is C17H21F2N5O2. The van der Waals surface area contributed by atoms with Gasteiger partial charge in [0, 0.05) is 19.6 Å². The minimum Gasteiger partial charge on any atom is -0.379 e. The molecule has 26 heavy (non-hydrogen) atoms. The third-order valence-corrected chi connectivity index (χ3v) is 4.41. The number of rotatable bonds is 6. The number of hydrogen-bond donors (Lipinski definition) is 3. The number of halogens is 2. The fourth-order valence-corrected chi connectivity index (χ4v) is 3.09. The number of piperidine rings is 1. The van der Waals surface area contributed by atoms with Crippen molar-refractivity contribution in [2.24, 2.45) is 0 Å². The van der Waals surface area contributed by atoms with Gasteiger partial charge in [0.1, 0.15) is 5.82 Å². The van der Waals surface area contributed by atoms with Gasteiger partial charge in [0.25, 0.3) is 5.91 Å². The van der Waals surface area contributed by atoms with Gasteiger partial charge in [-0.15, -0.1) is 0 Å². The molecule has 0 spiro atoms. The van der Waals surface area contributed by atoms with Crippen molar-refractivity contribution in [3.8, 4) is 0 Å². The third kappa shape index (κ3) is 4.05. The number of amides is 1. The molecule has 9 heteroatoms. The van der Waals surface area contributed by atoms with Gasteiger partial charge in [-0.1, -0.05) is 6.07 Å². The molecule has 1 amide bonds. The predicted molar refractivity (Wildman–Crippen MR) is 88.8 cm³/mol. The monoisotopic (exact) mass is 365 g/mol. The second kappa shape index (κ2) is 7.46. The van der Waals surface area contributed by atoms with Crippen molar-refractivity contribution in [2.45, 2.75) is 38.5 Å². The molecule has 140 valence electrons. The number of carbonyl (C=O) groups is 1. The van der Waals surface area contributed by atoms with Crippen LogP contribution in [-0.2, 0) is 17.9 Å². The molecule has 2 aromatic rings. The lowest BCUT2D eigenvalue weighted by molar-refractivity contribution is -0.157. The molecule has 7 nitrogen and oxygen atoms in total. The molecule has 1 aromatic carbocycles. The number of nitrogens with zero attached hydrogens (tertiary/aromatic N) is 3. The summed E-state index contributed by atoms with van der Waals surface area (Å²) in [7, 11) is 0. The van der Waals surface area contributed by atoms with Crippen LogP contribution in [0.25, 0.3) is 0 Å². The second-order valence-corrected chi connectivity index (χ2v) is 6.55. The minimum absolute atomic E-state index is 0.0632. The number of hydrogen-bond acceptors (Lipinski definition) is 5. The molecule has 1 aromatic heterocycles. The minimum atomic E-state index is -1.54. The Morgan fingerprint density at radius 1 is 1.38 bits per heavy atom. The maximum absolute atomic E-state index is 13.4. The highest BCUT2D eigenvalue weighted by Gasteiger charge is 2.41. The Balaban J connectivity index is 1.61. The Kier molecular flexibility index (Phi) is 5.28. The summed E-state index contributed by atoms with van der Waals surface area (Å²) >= 11 is 0. The number of likely N-dealkylation sites (tertiary alicyclic amines) is 1. The Hall–Kier alpha value is -2.39. The van der Waals surface area contributed by atoms with Gasteiger partial charge in [0.2, 0.25) is 0 Å². The van der Waals surface area contributed by atoms with Gasteiger partial charge in [-0.3, -0.25) is 9.89 Å². The summed E-state index contributed by atoms with van der Waals surface area (Å²) in [6.45, 7) is 2.75. The summed E-state index contributed by atoms with van der Waals surface area (Å²) in [5, 5.41) is 20.4. The van der Waals surface area contributed by atoms with E-state index in [0.717, 1.165) is 12.1 Å². The van der Waals surface area contributed by atoms with E-state index in [-0.39, 0.29) is 13.1 Å². The fourth-order valence-electron chi connectivity index (χ4n) is 3.09. The molecule has 2 heterocycles. The van der Waals surface area contributed by atoms with Crippen LogP contribution in [0.15, 0.2) is 18.2 Å². The molecular weight excluding hydrogens is 344 g/mol. The van der Waals surface area contributed by atoms with Crippen LogP contribution in [-0.4, -0.2) is 49.8 Å². The van der Waals surface area contributed by atoms with Crippen molar-refractivity contribution in [3.63, 3.8) is 0 Å². The van der Waals surface area contributed by atoms with Crippen LogP contribution in [0.3, 0.4) is 0 Å². The van der Waals surface area contributed by atoms with Crippen molar-refractivity contribution in [3.05, 3.63) is 47.0 Å². The summed E-state index contributed by atoms with van der Waals surface area (Å²) in [6, 6.07) is 3.54. The number of H-pyrrole nitrogens is 1.